The number of benzene rings is 2. The standard InChI is InChI=1S/C15H14Cl2N2O3.C2H6/c1-21-10-4-6-13(14(8-10)22-2)19-15(20)18-9-3-5-11(16)12(17)7-9;1-2/h3-8H,1-2H3,(H2,18,19,20);1-2H3. The first-order chi connectivity index (χ1) is 11.5. The average molecular weight is 371 g/mol. The van der Waals surface area contributed by atoms with Crippen LogP contribution in [0, 0.1) is 0 Å². The van der Waals surface area contributed by atoms with E-state index >= 15 is 0 Å². The van der Waals surface area contributed by atoms with E-state index < -0.39 is 6.03 Å². The van der Waals surface area contributed by atoms with Crippen LogP contribution in [0.25, 0.3) is 0 Å². The fourth-order valence-electron chi connectivity index (χ4n) is 1.76. The first-order valence-electron chi connectivity index (χ1n) is 7.28. The number of ether oxygens (including phenoxy) is 2. The van der Waals surface area contributed by atoms with E-state index in [4.69, 9.17) is 32.7 Å². The Morgan fingerprint density at radius 3 is 2.21 bits per heavy atom. The maximum atomic E-state index is 12.0. The third kappa shape index (κ3) is 5.51. The lowest BCUT2D eigenvalue weighted by atomic mass is 10.2. The number of hydrogen-bond acceptors (Lipinski definition) is 3. The fraction of sp³-hybridized carbons (Fsp3) is 0.235. The second-order valence-corrected chi connectivity index (χ2v) is 5.09. The summed E-state index contributed by atoms with van der Waals surface area (Å²) in [5.74, 6) is 1.12. The number of amides is 2. The number of halogens is 2. The first kappa shape index (κ1) is 19.9. The lowest BCUT2D eigenvalue weighted by Crippen LogP contribution is -2.19. The minimum Gasteiger partial charge on any atom is -0.497 e. The molecule has 24 heavy (non-hydrogen) atoms. The minimum absolute atomic E-state index is 0.362. The molecule has 2 aromatic carbocycles. The fourth-order valence-corrected chi connectivity index (χ4v) is 2.06. The second kappa shape index (κ2) is 9.90. The highest BCUT2D eigenvalue weighted by Crippen LogP contribution is 2.29. The number of carbonyl (C=O) groups is 1. The topological polar surface area (TPSA) is 59.6 Å². The molecule has 0 aliphatic carbocycles. The Kier molecular flexibility index (Phi) is 8.22. The van der Waals surface area contributed by atoms with E-state index in [9.17, 15) is 4.79 Å². The molecule has 0 unspecified atom stereocenters. The number of hydrogen-bond donors (Lipinski definition) is 2. The molecule has 2 rings (SSSR count). The smallest absolute Gasteiger partial charge is 0.323 e. The van der Waals surface area contributed by atoms with E-state index in [0.717, 1.165) is 0 Å². The molecule has 0 radical (unpaired) electrons. The lowest BCUT2D eigenvalue weighted by Gasteiger charge is -2.12. The van der Waals surface area contributed by atoms with Gasteiger partial charge in [0, 0.05) is 11.8 Å². The van der Waals surface area contributed by atoms with Crippen LogP contribution in [-0.4, -0.2) is 20.3 Å². The van der Waals surface area contributed by atoms with Gasteiger partial charge in [-0.05, 0) is 30.3 Å². The number of urea groups is 1. The Labute approximate surface area is 151 Å². The van der Waals surface area contributed by atoms with Gasteiger partial charge in [-0.15, -0.1) is 0 Å². The quantitative estimate of drug-likeness (QED) is 0.727. The van der Waals surface area contributed by atoms with Gasteiger partial charge in [-0.2, -0.15) is 0 Å². The van der Waals surface area contributed by atoms with Gasteiger partial charge in [0.15, 0.2) is 0 Å². The van der Waals surface area contributed by atoms with Crippen LogP contribution in [-0.2, 0) is 0 Å². The van der Waals surface area contributed by atoms with E-state index in [0.29, 0.717) is 32.9 Å². The predicted octanol–water partition coefficient (Wildman–Crippen LogP) is 5.68. The summed E-state index contributed by atoms with van der Waals surface area (Å²) in [6.07, 6.45) is 0. The Bertz CT molecular complexity index is 694. The van der Waals surface area contributed by atoms with Gasteiger partial charge in [-0.3, -0.25) is 0 Å². The molecule has 0 aliphatic rings. The SMILES string of the molecule is CC.COc1ccc(NC(=O)Nc2ccc(Cl)c(Cl)c2)c(OC)c1. The lowest BCUT2D eigenvalue weighted by molar-refractivity contribution is 0.262. The Morgan fingerprint density at radius 1 is 0.917 bits per heavy atom. The first-order valence-corrected chi connectivity index (χ1v) is 8.04. The van der Waals surface area contributed by atoms with Crippen LogP contribution in [0.2, 0.25) is 10.0 Å². The summed E-state index contributed by atoms with van der Waals surface area (Å²) in [6, 6.07) is 9.47. The molecule has 5 nitrogen and oxygen atoms in total. The molecule has 0 aliphatic heterocycles. The molecule has 2 amide bonds. The molecule has 0 saturated carbocycles. The van der Waals surface area contributed by atoms with Gasteiger partial charge in [0.25, 0.3) is 0 Å². The van der Waals surface area contributed by atoms with E-state index in [1.54, 1.807) is 43.5 Å². The number of anilines is 2. The molecule has 2 aromatic rings. The van der Waals surface area contributed by atoms with Crippen LogP contribution >= 0.6 is 23.2 Å². The van der Waals surface area contributed by atoms with Crippen LogP contribution in [0.4, 0.5) is 16.2 Å². The van der Waals surface area contributed by atoms with Crippen molar-refractivity contribution in [2.75, 3.05) is 24.9 Å². The van der Waals surface area contributed by atoms with Gasteiger partial charge in [-0.1, -0.05) is 37.0 Å². The van der Waals surface area contributed by atoms with Gasteiger partial charge in [-0.25, -0.2) is 4.79 Å². The van der Waals surface area contributed by atoms with Crippen molar-refractivity contribution in [2.24, 2.45) is 0 Å². The summed E-state index contributed by atoms with van der Waals surface area (Å²) in [7, 11) is 3.07. The molecule has 0 aromatic heterocycles. The maximum absolute atomic E-state index is 12.0. The highest BCUT2D eigenvalue weighted by Gasteiger charge is 2.09. The van der Waals surface area contributed by atoms with Crippen molar-refractivity contribution in [1.82, 2.24) is 0 Å². The van der Waals surface area contributed by atoms with Crippen LogP contribution in [0.5, 0.6) is 11.5 Å². The molecule has 0 fully saturated rings. The molecule has 0 bridgehead atoms. The van der Waals surface area contributed by atoms with E-state index in [2.05, 4.69) is 10.6 Å². The van der Waals surface area contributed by atoms with Crippen molar-refractivity contribution in [3.63, 3.8) is 0 Å². The highest BCUT2D eigenvalue weighted by molar-refractivity contribution is 6.42. The zero-order valence-corrected chi connectivity index (χ0v) is 15.5. The Balaban J connectivity index is 0.00000139. The Hall–Kier alpha value is -2.11. The summed E-state index contributed by atoms with van der Waals surface area (Å²) in [5, 5.41) is 6.13. The number of methoxy groups -OCH3 is 2. The molecular weight excluding hydrogens is 351 g/mol. The van der Waals surface area contributed by atoms with Gasteiger partial charge >= 0.3 is 6.03 Å². The summed E-state index contributed by atoms with van der Waals surface area (Å²) < 4.78 is 10.3. The molecule has 0 spiro atoms. The summed E-state index contributed by atoms with van der Waals surface area (Å²) in [4.78, 5) is 12.0. The van der Waals surface area contributed by atoms with Gasteiger partial charge in [0.2, 0.25) is 0 Å². The monoisotopic (exact) mass is 370 g/mol. The van der Waals surface area contributed by atoms with E-state index in [-0.39, 0.29) is 0 Å². The van der Waals surface area contributed by atoms with Gasteiger partial charge < -0.3 is 20.1 Å². The van der Waals surface area contributed by atoms with Crippen molar-refractivity contribution in [1.29, 1.82) is 0 Å². The van der Waals surface area contributed by atoms with Crippen molar-refractivity contribution in [2.45, 2.75) is 13.8 Å². The molecule has 0 heterocycles. The average Bonchev–Trinajstić information content (AvgIpc) is 2.60. The largest absolute Gasteiger partial charge is 0.497 e. The summed E-state index contributed by atoms with van der Waals surface area (Å²) >= 11 is 11.7. The number of nitrogens with one attached hydrogen (secondary N) is 2. The molecule has 2 N–H and O–H groups in total. The van der Waals surface area contributed by atoms with E-state index in [1.165, 1.54) is 7.11 Å². The molecule has 0 saturated heterocycles. The number of rotatable bonds is 4. The number of carbonyl (C=O) groups excluding carboxylic acids is 1. The summed E-state index contributed by atoms with van der Waals surface area (Å²) in [6.45, 7) is 4.00. The normalized spacial score (nSPS) is 9.42. The van der Waals surface area contributed by atoms with Crippen molar-refractivity contribution >= 4 is 40.6 Å². The van der Waals surface area contributed by atoms with Crippen LogP contribution in [0.3, 0.4) is 0 Å². The molecule has 7 heteroatoms. The van der Waals surface area contributed by atoms with Crippen LogP contribution < -0.4 is 20.1 Å². The van der Waals surface area contributed by atoms with Crippen molar-refractivity contribution in [3.8, 4) is 11.5 Å². The maximum Gasteiger partial charge on any atom is 0.323 e. The molecule has 0 atom stereocenters. The minimum atomic E-state index is -0.429. The second-order valence-electron chi connectivity index (χ2n) is 4.27. The highest BCUT2D eigenvalue weighted by atomic mass is 35.5. The van der Waals surface area contributed by atoms with Crippen molar-refractivity contribution < 1.29 is 14.3 Å². The van der Waals surface area contributed by atoms with Gasteiger partial charge in [0.05, 0.1) is 30.0 Å². The van der Waals surface area contributed by atoms with Crippen molar-refractivity contribution in [3.05, 3.63) is 46.4 Å². The Morgan fingerprint density at radius 2 is 1.62 bits per heavy atom. The zero-order chi connectivity index (χ0) is 18.1. The molecule has 130 valence electrons. The third-order valence-electron chi connectivity index (χ3n) is 2.83. The van der Waals surface area contributed by atoms with E-state index in [1.807, 2.05) is 13.8 Å². The predicted molar refractivity (Wildman–Crippen MR) is 100.0 cm³/mol. The summed E-state index contributed by atoms with van der Waals surface area (Å²) in [5.41, 5.74) is 1.04. The third-order valence-corrected chi connectivity index (χ3v) is 3.57. The van der Waals surface area contributed by atoms with Gasteiger partial charge in [0.1, 0.15) is 11.5 Å². The van der Waals surface area contributed by atoms with Crippen LogP contribution in [0.15, 0.2) is 36.4 Å². The van der Waals surface area contributed by atoms with Crippen LogP contribution in [0.1, 0.15) is 13.8 Å². The molecular formula is C17H20Cl2N2O3. The zero-order valence-electron chi connectivity index (χ0n) is 13.9.